The van der Waals surface area contributed by atoms with Crippen molar-refractivity contribution in [2.24, 2.45) is 0 Å². The van der Waals surface area contributed by atoms with Crippen LogP contribution in [-0.4, -0.2) is 26.3 Å². The van der Waals surface area contributed by atoms with E-state index in [4.69, 9.17) is 9.47 Å². The van der Waals surface area contributed by atoms with E-state index < -0.39 is 16.3 Å². The Bertz CT molecular complexity index is 485. The van der Waals surface area contributed by atoms with E-state index in [-0.39, 0.29) is 4.66 Å². The molecule has 0 unspecified atom stereocenters. The summed E-state index contributed by atoms with van der Waals surface area (Å²) >= 11 is 2.91. The highest BCUT2D eigenvalue weighted by Crippen LogP contribution is 2.25. The van der Waals surface area contributed by atoms with Crippen LogP contribution >= 0.6 is 15.9 Å². The van der Waals surface area contributed by atoms with Gasteiger partial charge in [-0.3, -0.25) is 4.72 Å². The molecule has 1 aromatic carbocycles. The van der Waals surface area contributed by atoms with Crippen LogP contribution in [0.25, 0.3) is 0 Å². The van der Waals surface area contributed by atoms with Gasteiger partial charge in [0.15, 0.2) is 6.29 Å². The van der Waals surface area contributed by atoms with Gasteiger partial charge in [-0.15, -0.1) is 0 Å². The minimum Gasteiger partial charge on any atom is -0.346 e. The van der Waals surface area contributed by atoms with Gasteiger partial charge in [0.1, 0.15) is 4.66 Å². The van der Waals surface area contributed by atoms with Gasteiger partial charge in [0.05, 0.1) is 13.2 Å². The van der Waals surface area contributed by atoms with Crippen molar-refractivity contribution in [3.8, 4) is 0 Å². The minimum atomic E-state index is -3.33. The molecule has 5 nitrogen and oxygen atoms in total. The molecule has 1 saturated heterocycles. The smallest absolute Gasteiger partial charge is 0.242 e. The molecule has 1 fully saturated rings. The first-order chi connectivity index (χ1) is 8.11. The summed E-state index contributed by atoms with van der Waals surface area (Å²) in [7, 11) is -3.33. The number of benzene rings is 1. The highest BCUT2D eigenvalue weighted by molar-refractivity contribution is 9.10. The van der Waals surface area contributed by atoms with E-state index in [0.717, 1.165) is 5.56 Å². The topological polar surface area (TPSA) is 64.6 Å². The number of hydrogen-bond acceptors (Lipinski definition) is 4. The Labute approximate surface area is 108 Å². The van der Waals surface area contributed by atoms with Gasteiger partial charge in [0, 0.05) is 11.3 Å². The van der Waals surface area contributed by atoms with Crippen molar-refractivity contribution in [3.05, 3.63) is 29.8 Å². The molecule has 0 aromatic heterocycles. The second-order valence-electron chi connectivity index (χ2n) is 3.52. The van der Waals surface area contributed by atoms with Crippen molar-refractivity contribution in [2.75, 3.05) is 22.6 Å². The van der Waals surface area contributed by atoms with Crippen molar-refractivity contribution < 1.29 is 17.9 Å². The van der Waals surface area contributed by atoms with Gasteiger partial charge < -0.3 is 9.47 Å². The van der Waals surface area contributed by atoms with Gasteiger partial charge in [-0.05, 0) is 12.1 Å². The van der Waals surface area contributed by atoms with Gasteiger partial charge in [-0.2, -0.15) is 0 Å². The quantitative estimate of drug-likeness (QED) is 0.859. The molecule has 17 heavy (non-hydrogen) atoms. The maximum absolute atomic E-state index is 11.4. The van der Waals surface area contributed by atoms with E-state index in [9.17, 15) is 8.42 Å². The lowest BCUT2D eigenvalue weighted by atomic mass is 10.2. The summed E-state index contributed by atoms with van der Waals surface area (Å²) in [5, 5.41) is 0. The number of alkyl halides is 1. The van der Waals surface area contributed by atoms with E-state index in [1.807, 2.05) is 6.07 Å². The molecule has 0 saturated carbocycles. The van der Waals surface area contributed by atoms with E-state index in [0.29, 0.717) is 18.9 Å². The standard InChI is InChI=1S/C10H12BrNO4S/c11-7-17(13,14)12-9-3-1-2-8(6-9)10-15-4-5-16-10/h1-3,6,10,12H,4-5,7H2. The Morgan fingerprint density at radius 3 is 2.71 bits per heavy atom. The van der Waals surface area contributed by atoms with Crippen molar-refractivity contribution in [1.29, 1.82) is 0 Å². The Balaban J connectivity index is 2.16. The third-order valence-electron chi connectivity index (χ3n) is 2.20. The molecule has 1 aromatic rings. The fourth-order valence-corrected chi connectivity index (χ4v) is 2.39. The fraction of sp³-hybridized carbons (Fsp3) is 0.400. The Hall–Kier alpha value is -0.630. The summed E-state index contributed by atoms with van der Waals surface area (Å²) < 4.78 is 35.8. The third-order valence-corrected chi connectivity index (χ3v) is 4.84. The molecule has 1 heterocycles. The molecule has 0 amide bonds. The first-order valence-electron chi connectivity index (χ1n) is 5.00. The van der Waals surface area contributed by atoms with Crippen molar-refractivity contribution in [1.82, 2.24) is 0 Å². The SMILES string of the molecule is O=S(=O)(CBr)Nc1cccc(C2OCCO2)c1. The molecule has 1 N–H and O–H groups in total. The summed E-state index contributed by atoms with van der Waals surface area (Å²) in [5.74, 6) is 0. The molecule has 0 bridgehead atoms. The molecule has 0 spiro atoms. The number of rotatable bonds is 4. The monoisotopic (exact) mass is 321 g/mol. The van der Waals surface area contributed by atoms with Gasteiger partial charge in [0.25, 0.3) is 0 Å². The van der Waals surface area contributed by atoms with Crippen LogP contribution in [0.3, 0.4) is 0 Å². The summed E-state index contributed by atoms with van der Waals surface area (Å²) in [6, 6.07) is 6.98. The van der Waals surface area contributed by atoms with Crippen molar-refractivity contribution in [3.63, 3.8) is 0 Å². The summed E-state index contributed by atoms with van der Waals surface area (Å²) in [5.41, 5.74) is 1.30. The Morgan fingerprint density at radius 1 is 1.35 bits per heavy atom. The van der Waals surface area contributed by atoms with E-state index >= 15 is 0 Å². The second kappa shape index (κ2) is 5.34. The van der Waals surface area contributed by atoms with Crippen LogP contribution in [0.5, 0.6) is 0 Å². The van der Waals surface area contributed by atoms with E-state index in [2.05, 4.69) is 20.7 Å². The third kappa shape index (κ3) is 3.41. The average molecular weight is 322 g/mol. The maximum atomic E-state index is 11.4. The predicted octanol–water partition coefficient (Wildman–Crippen LogP) is 1.83. The molecule has 0 aliphatic carbocycles. The van der Waals surface area contributed by atoms with Crippen LogP contribution in [0.2, 0.25) is 0 Å². The molecule has 2 rings (SSSR count). The first kappa shape index (κ1) is 12.8. The van der Waals surface area contributed by atoms with Gasteiger partial charge in [-0.25, -0.2) is 8.42 Å². The van der Waals surface area contributed by atoms with Crippen LogP contribution in [-0.2, 0) is 19.5 Å². The fourth-order valence-electron chi connectivity index (χ4n) is 1.51. The Kier molecular flexibility index (Phi) is 4.03. The molecule has 7 heteroatoms. The van der Waals surface area contributed by atoms with Crippen molar-refractivity contribution in [2.45, 2.75) is 6.29 Å². The van der Waals surface area contributed by atoms with Crippen LogP contribution in [0.1, 0.15) is 11.9 Å². The molecule has 94 valence electrons. The lowest BCUT2D eigenvalue weighted by molar-refractivity contribution is -0.0440. The second-order valence-corrected chi connectivity index (χ2v) is 6.55. The van der Waals surface area contributed by atoms with E-state index in [1.54, 1.807) is 18.2 Å². The number of ether oxygens (including phenoxy) is 2. The molecule has 1 aliphatic rings. The maximum Gasteiger partial charge on any atom is 0.242 e. The summed E-state index contributed by atoms with van der Waals surface area (Å²) in [6.07, 6.45) is -0.400. The summed E-state index contributed by atoms with van der Waals surface area (Å²) in [6.45, 7) is 1.12. The highest BCUT2D eigenvalue weighted by Gasteiger charge is 2.18. The summed E-state index contributed by atoms with van der Waals surface area (Å²) in [4.78, 5) is 0. The Morgan fingerprint density at radius 2 is 2.06 bits per heavy atom. The zero-order chi connectivity index (χ0) is 12.3. The number of hydrogen-bond donors (Lipinski definition) is 1. The molecule has 0 radical (unpaired) electrons. The zero-order valence-electron chi connectivity index (χ0n) is 8.93. The van der Waals surface area contributed by atoms with Crippen molar-refractivity contribution >= 4 is 31.6 Å². The number of anilines is 1. The number of nitrogens with one attached hydrogen (secondary N) is 1. The molecule has 0 atom stereocenters. The van der Waals surface area contributed by atoms with Gasteiger partial charge in [-0.1, -0.05) is 28.1 Å². The van der Waals surface area contributed by atoms with E-state index in [1.165, 1.54) is 0 Å². The highest BCUT2D eigenvalue weighted by atomic mass is 79.9. The lowest BCUT2D eigenvalue weighted by Crippen LogP contribution is -2.13. The predicted molar refractivity (Wildman–Crippen MR) is 67.4 cm³/mol. The largest absolute Gasteiger partial charge is 0.346 e. The first-order valence-corrected chi connectivity index (χ1v) is 7.78. The van der Waals surface area contributed by atoms with Crippen LogP contribution in [0.15, 0.2) is 24.3 Å². The van der Waals surface area contributed by atoms with Gasteiger partial charge >= 0.3 is 0 Å². The molecular formula is C10H12BrNO4S. The van der Waals surface area contributed by atoms with Gasteiger partial charge in [0.2, 0.25) is 10.0 Å². The van der Waals surface area contributed by atoms with Crippen LogP contribution in [0.4, 0.5) is 5.69 Å². The molecular weight excluding hydrogens is 310 g/mol. The molecule has 1 aliphatic heterocycles. The zero-order valence-corrected chi connectivity index (χ0v) is 11.3. The normalized spacial score (nSPS) is 17.2. The average Bonchev–Trinajstić information content (AvgIpc) is 2.82. The number of sulfonamides is 1. The lowest BCUT2D eigenvalue weighted by Gasteiger charge is -2.11. The number of halogens is 1. The van der Waals surface area contributed by atoms with Crippen LogP contribution < -0.4 is 4.72 Å². The minimum absolute atomic E-state index is 0.138. The van der Waals surface area contributed by atoms with Crippen LogP contribution in [0, 0.1) is 0 Å².